The second kappa shape index (κ2) is 4.56. The van der Waals surface area contributed by atoms with Gasteiger partial charge in [0, 0.05) is 11.6 Å². The van der Waals surface area contributed by atoms with E-state index in [1.807, 2.05) is 0 Å². The first-order valence-electron chi connectivity index (χ1n) is 6.81. The Labute approximate surface area is 109 Å². The summed E-state index contributed by atoms with van der Waals surface area (Å²) >= 11 is 0. The van der Waals surface area contributed by atoms with Crippen molar-refractivity contribution in [2.45, 2.75) is 32.6 Å². The lowest BCUT2D eigenvalue weighted by atomic mass is 9.82. The zero-order valence-corrected chi connectivity index (χ0v) is 11.1. The van der Waals surface area contributed by atoms with Crippen molar-refractivity contribution in [2.75, 3.05) is 0 Å². The molecule has 0 aromatic heterocycles. The van der Waals surface area contributed by atoms with Gasteiger partial charge in [0.15, 0.2) is 0 Å². The van der Waals surface area contributed by atoms with Gasteiger partial charge in [-0.05, 0) is 36.0 Å². The van der Waals surface area contributed by atoms with Crippen LogP contribution in [0.15, 0.2) is 53.1 Å². The third kappa shape index (κ3) is 1.84. The van der Waals surface area contributed by atoms with Crippen LogP contribution in [-0.4, -0.2) is 5.71 Å². The van der Waals surface area contributed by atoms with E-state index in [0.717, 1.165) is 12.1 Å². The molecular formula is C17H19N. The van der Waals surface area contributed by atoms with Crippen LogP contribution >= 0.6 is 0 Å². The maximum Gasteiger partial charge on any atom is 0.0671 e. The number of para-hydroxylation sites is 1. The first kappa shape index (κ1) is 11.5. The Balaban J connectivity index is 2.08. The lowest BCUT2D eigenvalue weighted by molar-refractivity contribution is 0.841. The lowest BCUT2D eigenvalue weighted by Crippen LogP contribution is -2.16. The molecule has 3 rings (SSSR count). The van der Waals surface area contributed by atoms with Crippen molar-refractivity contribution in [3.05, 3.63) is 53.6 Å². The lowest BCUT2D eigenvalue weighted by Gasteiger charge is -2.20. The molecule has 1 aromatic carbocycles. The number of allylic oxidation sites excluding steroid dienone is 4. The molecule has 0 radical (unpaired) electrons. The molecule has 0 saturated carbocycles. The van der Waals surface area contributed by atoms with Crippen molar-refractivity contribution in [3.63, 3.8) is 0 Å². The topological polar surface area (TPSA) is 12.4 Å². The van der Waals surface area contributed by atoms with E-state index in [9.17, 15) is 0 Å². The molecule has 0 saturated heterocycles. The van der Waals surface area contributed by atoms with Gasteiger partial charge >= 0.3 is 0 Å². The van der Waals surface area contributed by atoms with E-state index in [4.69, 9.17) is 4.99 Å². The summed E-state index contributed by atoms with van der Waals surface area (Å²) in [4.78, 5) is 4.85. The SMILES string of the molecule is CC(C)C1=Nc2ccccc2C1C1=CCCC=C1. The molecule has 1 aliphatic carbocycles. The van der Waals surface area contributed by atoms with E-state index in [-0.39, 0.29) is 0 Å². The fraction of sp³-hybridized carbons (Fsp3) is 0.353. The molecule has 1 aliphatic heterocycles. The van der Waals surface area contributed by atoms with Crippen molar-refractivity contribution in [1.29, 1.82) is 0 Å². The van der Waals surface area contributed by atoms with E-state index in [2.05, 4.69) is 56.3 Å². The smallest absolute Gasteiger partial charge is 0.0671 e. The fourth-order valence-corrected chi connectivity index (χ4v) is 2.86. The summed E-state index contributed by atoms with van der Waals surface area (Å²) < 4.78 is 0. The average Bonchev–Trinajstić information content (AvgIpc) is 2.79. The Kier molecular flexibility index (Phi) is 2.91. The first-order valence-corrected chi connectivity index (χ1v) is 6.81. The van der Waals surface area contributed by atoms with Gasteiger partial charge in [0.2, 0.25) is 0 Å². The van der Waals surface area contributed by atoms with Crippen LogP contribution in [0.2, 0.25) is 0 Å². The van der Waals surface area contributed by atoms with E-state index in [0.29, 0.717) is 11.8 Å². The number of nitrogens with zero attached hydrogens (tertiary/aromatic N) is 1. The van der Waals surface area contributed by atoms with Gasteiger partial charge in [-0.2, -0.15) is 0 Å². The van der Waals surface area contributed by atoms with Crippen LogP contribution in [0.1, 0.15) is 38.2 Å². The van der Waals surface area contributed by atoms with Gasteiger partial charge in [-0.25, -0.2) is 0 Å². The predicted octanol–water partition coefficient (Wildman–Crippen LogP) is 4.79. The molecule has 92 valence electrons. The normalized spacial score (nSPS) is 21.8. The van der Waals surface area contributed by atoms with Crippen LogP contribution in [0, 0.1) is 5.92 Å². The molecule has 1 nitrogen and oxygen atoms in total. The number of aliphatic imine (C=N–C) groups is 1. The van der Waals surface area contributed by atoms with Gasteiger partial charge in [0.1, 0.15) is 0 Å². The standard InChI is InChI=1S/C17H19N/c1-12(2)17-16(13-8-4-3-5-9-13)14-10-6-7-11-15(14)18-17/h4,6-12,16H,3,5H2,1-2H3. The van der Waals surface area contributed by atoms with Crippen LogP contribution in [0.25, 0.3) is 0 Å². The van der Waals surface area contributed by atoms with Crippen molar-refractivity contribution in [3.8, 4) is 0 Å². The van der Waals surface area contributed by atoms with Gasteiger partial charge in [-0.1, -0.05) is 50.3 Å². The van der Waals surface area contributed by atoms with Gasteiger partial charge in [-0.15, -0.1) is 0 Å². The molecule has 1 unspecified atom stereocenters. The number of fused-ring (bicyclic) bond motifs is 1. The highest BCUT2D eigenvalue weighted by Gasteiger charge is 2.30. The molecule has 0 amide bonds. The zero-order chi connectivity index (χ0) is 12.5. The molecule has 0 fully saturated rings. The Morgan fingerprint density at radius 3 is 2.72 bits per heavy atom. The second-order valence-corrected chi connectivity index (χ2v) is 5.37. The highest BCUT2D eigenvalue weighted by Crippen LogP contribution is 2.42. The largest absolute Gasteiger partial charge is 0.256 e. The number of benzene rings is 1. The maximum absolute atomic E-state index is 4.85. The van der Waals surface area contributed by atoms with Crippen molar-refractivity contribution >= 4 is 11.4 Å². The van der Waals surface area contributed by atoms with Crippen molar-refractivity contribution < 1.29 is 0 Å². The maximum atomic E-state index is 4.85. The fourth-order valence-electron chi connectivity index (χ4n) is 2.86. The molecule has 2 aliphatic rings. The molecule has 1 heterocycles. The molecular weight excluding hydrogens is 218 g/mol. The van der Waals surface area contributed by atoms with Crippen LogP contribution < -0.4 is 0 Å². The van der Waals surface area contributed by atoms with Crippen molar-refractivity contribution in [1.82, 2.24) is 0 Å². The Morgan fingerprint density at radius 2 is 2.00 bits per heavy atom. The van der Waals surface area contributed by atoms with Gasteiger partial charge in [-0.3, -0.25) is 4.99 Å². The summed E-state index contributed by atoms with van der Waals surface area (Å²) in [7, 11) is 0. The number of hydrogen-bond acceptors (Lipinski definition) is 1. The molecule has 18 heavy (non-hydrogen) atoms. The summed E-state index contributed by atoms with van der Waals surface area (Å²) in [5, 5.41) is 0. The third-order valence-corrected chi connectivity index (χ3v) is 3.74. The minimum atomic E-state index is 0.387. The van der Waals surface area contributed by atoms with E-state index < -0.39 is 0 Å². The van der Waals surface area contributed by atoms with Gasteiger partial charge in [0.05, 0.1) is 5.69 Å². The van der Waals surface area contributed by atoms with E-state index in [1.165, 1.54) is 23.3 Å². The quantitative estimate of drug-likeness (QED) is 0.701. The summed E-state index contributed by atoms with van der Waals surface area (Å²) in [6.07, 6.45) is 9.29. The first-order chi connectivity index (χ1) is 8.77. The predicted molar refractivity (Wildman–Crippen MR) is 77.6 cm³/mol. The Bertz CT molecular complexity index is 546. The second-order valence-electron chi connectivity index (χ2n) is 5.37. The summed E-state index contributed by atoms with van der Waals surface area (Å²) in [5.74, 6) is 0.886. The monoisotopic (exact) mass is 237 g/mol. The molecule has 1 aromatic rings. The molecule has 1 atom stereocenters. The van der Waals surface area contributed by atoms with E-state index in [1.54, 1.807) is 0 Å². The Hall–Kier alpha value is -1.63. The number of hydrogen-bond donors (Lipinski definition) is 0. The Morgan fingerprint density at radius 1 is 1.17 bits per heavy atom. The molecule has 0 spiro atoms. The van der Waals surface area contributed by atoms with Gasteiger partial charge in [0.25, 0.3) is 0 Å². The highest BCUT2D eigenvalue weighted by atomic mass is 14.8. The minimum Gasteiger partial charge on any atom is -0.256 e. The van der Waals surface area contributed by atoms with Crippen LogP contribution in [0.5, 0.6) is 0 Å². The molecule has 0 bridgehead atoms. The number of rotatable bonds is 2. The van der Waals surface area contributed by atoms with Crippen LogP contribution in [-0.2, 0) is 0 Å². The molecule has 1 heteroatoms. The zero-order valence-electron chi connectivity index (χ0n) is 11.1. The van der Waals surface area contributed by atoms with Crippen molar-refractivity contribution in [2.24, 2.45) is 10.9 Å². The summed E-state index contributed by atoms with van der Waals surface area (Å²) in [6, 6.07) is 8.55. The average molecular weight is 237 g/mol. The molecule has 0 N–H and O–H groups in total. The summed E-state index contributed by atoms with van der Waals surface area (Å²) in [6.45, 7) is 4.48. The van der Waals surface area contributed by atoms with Gasteiger partial charge < -0.3 is 0 Å². The van der Waals surface area contributed by atoms with E-state index >= 15 is 0 Å². The highest BCUT2D eigenvalue weighted by molar-refractivity contribution is 6.02. The van der Waals surface area contributed by atoms with Crippen LogP contribution in [0.3, 0.4) is 0 Å². The van der Waals surface area contributed by atoms with Crippen LogP contribution in [0.4, 0.5) is 5.69 Å². The minimum absolute atomic E-state index is 0.387. The summed E-state index contributed by atoms with van der Waals surface area (Å²) in [5.41, 5.74) is 5.28. The third-order valence-electron chi connectivity index (χ3n) is 3.74.